The van der Waals surface area contributed by atoms with Crippen molar-refractivity contribution < 1.29 is 5.11 Å². The van der Waals surface area contributed by atoms with Crippen molar-refractivity contribution in [3.05, 3.63) is 11.4 Å². The summed E-state index contributed by atoms with van der Waals surface area (Å²) in [5.41, 5.74) is 0.514. The van der Waals surface area contributed by atoms with Gasteiger partial charge in [0.1, 0.15) is 17.5 Å². The number of nitrogens with one attached hydrogen (secondary N) is 2. The van der Waals surface area contributed by atoms with Crippen LogP contribution in [-0.4, -0.2) is 34.3 Å². The normalized spacial score (nSPS) is 12.4. The number of aliphatic hydroxyl groups excluding tert-OH is 1. The van der Waals surface area contributed by atoms with E-state index < -0.39 is 0 Å². The van der Waals surface area contributed by atoms with E-state index in [0.717, 1.165) is 35.9 Å². The number of aliphatic hydroxyl groups is 1. The van der Waals surface area contributed by atoms with Crippen LogP contribution in [0.2, 0.25) is 0 Å². The lowest BCUT2D eigenvalue weighted by Crippen LogP contribution is -2.41. The summed E-state index contributed by atoms with van der Waals surface area (Å²) in [7, 11) is 1.87. The molecule has 0 bridgehead atoms. The molecule has 1 aromatic rings. The van der Waals surface area contributed by atoms with Gasteiger partial charge in [-0.1, -0.05) is 34.6 Å². The Labute approximate surface area is 128 Å². The Morgan fingerprint density at radius 3 is 1.95 bits per heavy atom. The molecule has 0 aliphatic rings. The SMILES string of the molecule is CCC(CC)(CO)Nc1nc(C(C)(C)C)nc(NC)c1C. The molecular formula is C16H30N4O. The highest BCUT2D eigenvalue weighted by Crippen LogP contribution is 2.29. The Balaban J connectivity index is 3.34. The molecule has 0 saturated carbocycles. The summed E-state index contributed by atoms with van der Waals surface area (Å²) in [6.07, 6.45) is 1.67. The molecule has 0 unspecified atom stereocenters. The van der Waals surface area contributed by atoms with Gasteiger partial charge in [0, 0.05) is 18.0 Å². The van der Waals surface area contributed by atoms with E-state index in [1.807, 2.05) is 14.0 Å². The zero-order valence-electron chi connectivity index (χ0n) is 14.5. The van der Waals surface area contributed by atoms with Gasteiger partial charge in [0.05, 0.1) is 12.1 Å². The van der Waals surface area contributed by atoms with E-state index in [2.05, 4.69) is 50.2 Å². The Morgan fingerprint density at radius 2 is 1.57 bits per heavy atom. The summed E-state index contributed by atoms with van der Waals surface area (Å²) >= 11 is 0. The van der Waals surface area contributed by atoms with Crippen molar-refractivity contribution >= 4 is 11.6 Å². The third-order valence-electron chi connectivity index (χ3n) is 4.09. The maximum atomic E-state index is 9.76. The van der Waals surface area contributed by atoms with Gasteiger partial charge < -0.3 is 15.7 Å². The first-order valence-corrected chi connectivity index (χ1v) is 7.69. The molecule has 0 atom stereocenters. The van der Waals surface area contributed by atoms with Crippen molar-refractivity contribution in [2.24, 2.45) is 0 Å². The van der Waals surface area contributed by atoms with E-state index in [4.69, 9.17) is 4.98 Å². The van der Waals surface area contributed by atoms with Crippen LogP contribution in [0.25, 0.3) is 0 Å². The predicted molar refractivity (Wildman–Crippen MR) is 89.0 cm³/mol. The molecule has 0 radical (unpaired) electrons. The molecule has 5 nitrogen and oxygen atoms in total. The van der Waals surface area contributed by atoms with E-state index in [-0.39, 0.29) is 17.6 Å². The standard InChI is InChI=1S/C16H30N4O/c1-8-16(9-2,10-21)20-13-11(3)12(17-7)18-14(19-13)15(4,5)6/h21H,8-10H2,1-7H3,(H2,17,18,19,20). The second-order valence-corrected chi connectivity index (χ2v) is 6.64. The Hall–Kier alpha value is -1.36. The van der Waals surface area contributed by atoms with Crippen molar-refractivity contribution in [1.82, 2.24) is 9.97 Å². The van der Waals surface area contributed by atoms with Crippen molar-refractivity contribution in [3.8, 4) is 0 Å². The molecule has 0 aromatic carbocycles. The lowest BCUT2D eigenvalue weighted by Gasteiger charge is -2.33. The van der Waals surface area contributed by atoms with Crippen molar-refractivity contribution in [2.45, 2.75) is 65.3 Å². The molecule has 120 valence electrons. The first-order chi connectivity index (χ1) is 9.72. The number of rotatable bonds is 6. The fourth-order valence-electron chi connectivity index (χ4n) is 2.16. The predicted octanol–water partition coefficient (Wildman–Crippen LogP) is 3.09. The van der Waals surface area contributed by atoms with Gasteiger partial charge in [0.25, 0.3) is 0 Å². The van der Waals surface area contributed by atoms with Crippen LogP contribution >= 0.6 is 0 Å². The maximum absolute atomic E-state index is 9.76. The first-order valence-electron chi connectivity index (χ1n) is 7.69. The average molecular weight is 294 g/mol. The summed E-state index contributed by atoms with van der Waals surface area (Å²) in [6.45, 7) is 12.5. The maximum Gasteiger partial charge on any atom is 0.138 e. The van der Waals surface area contributed by atoms with Gasteiger partial charge in [-0.3, -0.25) is 0 Å². The average Bonchev–Trinajstić information content (AvgIpc) is 2.45. The van der Waals surface area contributed by atoms with E-state index >= 15 is 0 Å². The third kappa shape index (κ3) is 3.84. The van der Waals surface area contributed by atoms with Crippen LogP contribution in [0.4, 0.5) is 11.6 Å². The summed E-state index contributed by atoms with van der Waals surface area (Å²) in [5, 5.41) is 16.4. The first kappa shape index (κ1) is 17.7. The highest BCUT2D eigenvalue weighted by molar-refractivity contribution is 5.58. The smallest absolute Gasteiger partial charge is 0.138 e. The highest BCUT2D eigenvalue weighted by atomic mass is 16.3. The highest BCUT2D eigenvalue weighted by Gasteiger charge is 2.28. The van der Waals surface area contributed by atoms with Crippen LogP contribution in [0.5, 0.6) is 0 Å². The van der Waals surface area contributed by atoms with Crippen molar-refractivity contribution in [2.75, 3.05) is 24.3 Å². The Bertz CT molecular complexity index is 468. The van der Waals surface area contributed by atoms with Crippen LogP contribution in [0.1, 0.15) is 58.8 Å². The minimum atomic E-state index is -0.334. The number of hydrogen-bond donors (Lipinski definition) is 3. The van der Waals surface area contributed by atoms with Gasteiger partial charge >= 0.3 is 0 Å². The van der Waals surface area contributed by atoms with Crippen LogP contribution in [-0.2, 0) is 5.41 Å². The molecule has 1 heterocycles. The van der Waals surface area contributed by atoms with E-state index in [0.29, 0.717) is 0 Å². The zero-order valence-corrected chi connectivity index (χ0v) is 14.5. The number of nitrogens with zero attached hydrogens (tertiary/aromatic N) is 2. The van der Waals surface area contributed by atoms with Gasteiger partial charge in [0.15, 0.2) is 0 Å². The summed E-state index contributed by atoms with van der Waals surface area (Å²) in [6, 6.07) is 0. The zero-order chi connectivity index (χ0) is 16.3. The van der Waals surface area contributed by atoms with Crippen LogP contribution in [0.3, 0.4) is 0 Å². The van der Waals surface area contributed by atoms with Crippen LogP contribution < -0.4 is 10.6 Å². The Kier molecular flexibility index (Phi) is 5.56. The molecule has 0 saturated heterocycles. The topological polar surface area (TPSA) is 70.1 Å². The Morgan fingerprint density at radius 1 is 1.05 bits per heavy atom. The van der Waals surface area contributed by atoms with E-state index in [9.17, 15) is 5.11 Å². The molecule has 21 heavy (non-hydrogen) atoms. The van der Waals surface area contributed by atoms with Crippen molar-refractivity contribution in [1.29, 1.82) is 0 Å². The molecule has 0 fully saturated rings. The second-order valence-electron chi connectivity index (χ2n) is 6.64. The van der Waals surface area contributed by atoms with Crippen molar-refractivity contribution in [3.63, 3.8) is 0 Å². The lowest BCUT2D eigenvalue weighted by molar-refractivity contribution is 0.202. The molecule has 0 spiro atoms. The largest absolute Gasteiger partial charge is 0.394 e. The van der Waals surface area contributed by atoms with Gasteiger partial charge in [-0.05, 0) is 19.8 Å². The fraction of sp³-hybridized carbons (Fsp3) is 0.750. The van der Waals surface area contributed by atoms with Crippen LogP contribution in [0, 0.1) is 6.92 Å². The van der Waals surface area contributed by atoms with Gasteiger partial charge in [-0.25, -0.2) is 9.97 Å². The fourth-order valence-corrected chi connectivity index (χ4v) is 2.16. The summed E-state index contributed by atoms with van der Waals surface area (Å²) < 4.78 is 0. The molecule has 5 heteroatoms. The summed E-state index contributed by atoms with van der Waals surface area (Å²) in [4.78, 5) is 9.31. The quantitative estimate of drug-likeness (QED) is 0.752. The van der Waals surface area contributed by atoms with Gasteiger partial charge in [-0.15, -0.1) is 0 Å². The van der Waals surface area contributed by atoms with E-state index in [1.54, 1.807) is 0 Å². The van der Waals surface area contributed by atoms with Gasteiger partial charge in [-0.2, -0.15) is 0 Å². The monoisotopic (exact) mass is 294 g/mol. The lowest BCUT2D eigenvalue weighted by atomic mass is 9.93. The number of anilines is 2. The third-order valence-corrected chi connectivity index (χ3v) is 4.09. The molecule has 0 aliphatic heterocycles. The summed E-state index contributed by atoms with van der Waals surface area (Å²) in [5.74, 6) is 2.42. The molecule has 3 N–H and O–H groups in total. The molecule has 1 aromatic heterocycles. The van der Waals surface area contributed by atoms with Crippen LogP contribution in [0.15, 0.2) is 0 Å². The van der Waals surface area contributed by atoms with E-state index in [1.165, 1.54) is 0 Å². The molecule has 1 rings (SSSR count). The molecule has 0 aliphatic carbocycles. The molecule has 0 amide bonds. The van der Waals surface area contributed by atoms with Gasteiger partial charge in [0.2, 0.25) is 0 Å². The second kappa shape index (κ2) is 6.60. The minimum Gasteiger partial charge on any atom is -0.394 e. The molecular weight excluding hydrogens is 264 g/mol. The minimum absolute atomic E-state index is 0.0865. The number of hydrogen-bond acceptors (Lipinski definition) is 5. The number of aromatic nitrogens is 2.